The van der Waals surface area contributed by atoms with Gasteiger partial charge in [-0.3, -0.25) is 0 Å². The van der Waals surface area contributed by atoms with Crippen molar-refractivity contribution in [1.29, 1.82) is 0 Å². The van der Waals surface area contributed by atoms with E-state index in [2.05, 4.69) is 4.98 Å². The van der Waals surface area contributed by atoms with Crippen LogP contribution in [0.3, 0.4) is 0 Å². The van der Waals surface area contributed by atoms with Crippen molar-refractivity contribution in [2.24, 2.45) is 0 Å². The van der Waals surface area contributed by atoms with Crippen molar-refractivity contribution in [2.45, 2.75) is 20.0 Å². The van der Waals surface area contributed by atoms with Crippen LogP contribution in [0, 0.1) is 0 Å². The van der Waals surface area contributed by atoms with Crippen molar-refractivity contribution >= 4 is 16.9 Å². The van der Waals surface area contributed by atoms with Gasteiger partial charge < -0.3 is 9.84 Å². The van der Waals surface area contributed by atoms with Crippen molar-refractivity contribution in [3.05, 3.63) is 36.0 Å². The Morgan fingerprint density at radius 1 is 1.29 bits per heavy atom. The number of aromatic nitrogens is 1. The summed E-state index contributed by atoms with van der Waals surface area (Å²) in [5.74, 6) is -0.424. The molecule has 88 valence electrons. The molecule has 0 aliphatic carbocycles. The molecule has 2 aromatic rings. The maximum atomic E-state index is 10.9. The Labute approximate surface area is 98.9 Å². The first-order valence-electron chi connectivity index (χ1n) is 5.37. The molecule has 0 aliphatic rings. The molecule has 0 saturated heterocycles. The molecule has 4 heteroatoms. The number of hydrogen-bond donors (Lipinski definition) is 1. The van der Waals surface area contributed by atoms with Crippen LogP contribution in [0.25, 0.3) is 10.9 Å². The Morgan fingerprint density at radius 2 is 2.06 bits per heavy atom. The fourth-order valence-electron chi connectivity index (χ4n) is 1.59. The third kappa shape index (κ3) is 2.36. The third-order valence-corrected chi connectivity index (χ3v) is 2.27. The van der Waals surface area contributed by atoms with Crippen LogP contribution in [0.2, 0.25) is 0 Å². The van der Waals surface area contributed by atoms with Gasteiger partial charge in [0.2, 0.25) is 0 Å². The number of nitrogens with zero attached hydrogens (tertiary/aromatic N) is 1. The highest BCUT2D eigenvalue weighted by Crippen LogP contribution is 2.24. The number of carboxylic acids is 1. The number of benzene rings is 1. The summed E-state index contributed by atoms with van der Waals surface area (Å²) in [6.07, 6.45) is 0.0240. The van der Waals surface area contributed by atoms with Crippen molar-refractivity contribution < 1.29 is 14.6 Å². The summed E-state index contributed by atoms with van der Waals surface area (Å²) < 4.78 is 5.61. The van der Waals surface area contributed by atoms with Crippen LogP contribution in [-0.4, -0.2) is 22.2 Å². The lowest BCUT2D eigenvalue weighted by Crippen LogP contribution is -2.07. The normalized spacial score (nSPS) is 10.8. The van der Waals surface area contributed by atoms with E-state index < -0.39 is 5.97 Å². The lowest BCUT2D eigenvalue weighted by molar-refractivity contribution is 0.0691. The molecule has 0 bridgehead atoms. The second-order valence-corrected chi connectivity index (χ2v) is 4.00. The Hall–Kier alpha value is -2.10. The van der Waals surface area contributed by atoms with E-state index in [1.54, 1.807) is 12.1 Å². The topological polar surface area (TPSA) is 59.4 Å². The van der Waals surface area contributed by atoms with E-state index in [1.807, 2.05) is 26.0 Å². The Morgan fingerprint density at radius 3 is 2.71 bits per heavy atom. The average Bonchev–Trinajstić information content (AvgIpc) is 2.28. The van der Waals surface area contributed by atoms with Gasteiger partial charge in [0, 0.05) is 5.39 Å². The van der Waals surface area contributed by atoms with Gasteiger partial charge in [0.15, 0.2) is 0 Å². The second-order valence-electron chi connectivity index (χ2n) is 4.00. The number of hydrogen-bond acceptors (Lipinski definition) is 3. The number of fused-ring (bicyclic) bond motifs is 1. The van der Waals surface area contributed by atoms with Crippen LogP contribution < -0.4 is 4.74 Å². The molecular formula is C13H13NO3. The van der Waals surface area contributed by atoms with Crippen molar-refractivity contribution in [1.82, 2.24) is 4.98 Å². The molecule has 0 radical (unpaired) electrons. The first kappa shape index (κ1) is 11.4. The van der Waals surface area contributed by atoms with Gasteiger partial charge in [-0.15, -0.1) is 0 Å². The monoisotopic (exact) mass is 231 g/mol. The minimum Gasteiger partial charge on any atom is -0.489 e. The average molecular weight is 231 g/mol. The van der Waals surface area contributed by atoms with E-state index in [-0.39, 0.29) is 11.8 Å². The molecule has 0 spiro atoms. The fourth-order valence-corrected chi connectivity index (χ4v) is 1.59. The molecule has 1 heterocycles. The molecule has 4 nitrogen and oxygen atoms in total. The van der Waals surface area contributed by atoms with Crippen molar-refractivity contribution in [3.63, 3.8) is 0 Å². The van der Waals surface area contributed by atoms with E-state index in [9.17, 15) is 4.79 Å². The summed E-state index contributed by atoms with van der Waals surface area (Å²) in [6, 6.07) is 8.76. The van der Waals surface area contributed by atoms with E-state index >= 15 is 0 Å². The summed E-state index contributed by atoms with van der Waals surface area (Å²) in [5, 5.41) is 9.78. The molecule has 0 saturated carbocycles. The highest BCUT2D eigenvalue weighted by molar-refractivity contribution is 5.91. The standard InChI is InChI=1S/C13H13NO3/c1-8(2)17-11-5-3-4-9-6-7-10(13(15)16)14-12(9)11/h3-8H,1-2H3,(H,15,16). The van der Waals surface area contributed by atoms with Gasteiger partial charge >= 0.3 is 5.97 Å². The minimum atomic E-state index is -1.04. The van der Waals surface area contributed by atoms with Crippen LogP contribution in [0.15, 0.2) is 30.3 Å². The molecule has 2 rings (SSSR count). The summed E-state index contributed by atoms with van der Waals surface area (Å²) >= 11 is 0. The number of pyridine rings is 1. The Kier molecular flexibility index (Phi) is 2.95. The fraction of sp³-hybridized carbons (Fsp3) is 0.231. The van der Waals surface area contributed by atoms with Gasteiger partial charge in [0.1, 0.15) is 17.0 Å². The first-order chi connectivity index (χ1) is 8.08. The van der Waals surface area contributed by atoms with Crippen molar-refractivity contribution in [3.8, 4) is 5.75 Å². The predicted molar refractivity (Wildman–Crippen MR) is 64.5 cm³/mol. The van der Waals surface area contributed by atoms with E-state index in [0.717, 1.165) is 5.39 Å². The molecule has 1 aromatic carbocycles. The molecule has 0 atom stereocenters. The Bertz CT molecular complexity index is 564. The molecule has 0 fully saturated rings. The van der Waals surface area contributed by atoms with E-state index in [1.165, 1.54) is 6.07 Å². The summed E-state index contributed by atoms with van der Waals surface area (Å²) in [5.41, 5.74) is 0.610. The van der Waals surface area contributed by atoms with Gasteiger partial charge in [-0.2, -0.15) is 0 Å². The Balaban J connectivity index is 2.59. The SMILES string of the molecule is CC(C)Oc1cccc2ccc(C(=O)O)nc12. The zero-order valence-corrected chi connectivity index (χ0v) is 9.68. The number of carbonyl (C=O) groups is 1. The third-order valence-electron chi connectivity index (χ3n) is 2.27. The molecular weight excluding hydrogens is 218 g/mol. The van der Waals surface area contributed by atoms with Gasteiger partial charge in [0.05, 0.1) is 6.10 Å². The number of aromatic carboxylic acids is 1. The number of rotatable bonds is 3. The van der Waals surface area contributed by atoms with E-state index in [4.69, 9.17) is 9.84 Å². The molecule has 0 amide bonds. The van der Waals surface area contributed by atoms with E-state index in [0.29, 0.717) is 11.3 Å². The van der Waals surface area contributed by atoms with Gasteiger partial charge in [-0.05, 0) is 26.0 Å². The minimum absolute atomic E-state index is 0.0240. The summed E-state index contributed by atoms with van der Waals surface area (Å²) in [4.78, 5) is 15.0. The second kappa shape index (κ2) is 4.41. The summed E-state index contributed by atoms with van der Waals surface area (Å²) in [6.45, 7) is 3.83. The smallest absolute Gasteiger partial charge is 0.354 e. The highest BCUT2D eigenvalue weighted by Gasteiger charge is 2.09. The van der Waals surface area contributed by atoms with Crippen LogP contribution in [0.5, 0.6) is 5.75 Å². The predicted octanol–water partition coefficient (Wildman–Crippen LogP) is 2.72. The zero-order valence-electron chi connectivity index (χ0n) is 9.68. The number of ether oxygens (including phenoxy) is 1. The largest absolute Gasteiger partial charge is 0.489 e. The van der Waals surface area contributed by atoms with Crippen molar-refractivity contribution in [2.75, 3.05) is 0 Å². The maximum absolute atomic E-state index is 10.9. The highest BCUT2D eigenvalue weighted by atomic mass is 16.5. The molecule has 0 aliphatic heterocycles. The summed E-state index contributed by atoms with van der Waals surface area (Å²) in [7, 11) is 0. The zero-order chi connectivity index (χ0) is 12.4. The first-order valence-corrected chi connectivity index (χ1v) is 5.37. The molecule has 17 heavy (non-hydrogen) atoms. The quantitative estimate of drug-likeness (QED) is 0.882. The van der Waals surface area contributed by atoms with Crippen LogP contribution in [0.4, 0.5) is 0 Å². The number of carboxylic acid groups (broad SMARTS) is 1. The van der Waals surface area contributed by atoms with Gasteiger partial charge in [-0.1, -0.05) is 18.2 Å². The van der Waals surface area contributed by atoms with Crippen LogP contribution in [-0.2, 0) is 0 Å². The molecule has 1 aromatic heterocycles. The molecule has 1 N–H and O–H groups in total. The van der Waals surface area contributed by atoms with Gasteiger partial charge in [-0.25, -0.2) is 9.78 Å². The molecule has 0 unspecified atom stereocenters. The lowest BCUT2D eigenvalue weighted by Gasteiger charge is -2.11. The maximum Gasteiger partial charge on any atom is 0.354 e. The number of para-hydroxylation sites is 1. The van der Waals surface area contributed by atoms with Gasteiger partial charge in [0.25, 0.3) is 0 Å². The lowest BCUT2D eigenvalue weighted by atomic mass is 10.2. The van der Waals surface area contributed by atoms with Crippen LogP contribution >= 0.6 is 0 Å². The van der Waals surface area contributed by atoms with Crippen LogP contribution in [0.1, 0.15) is 24.3 Å².